The van der Waals surface area contributed by atoms with Crippen LogP contribution in [0.25, 0.3) is 0 Å². The van der Waals surface area contributed by atoms with Crippen LogP contribution in [0.2, 0.25) is 0 Å². The van der Waals surface area contributed by atoms with Gasteiger partial charge in [-0.1, -0.05) is 5.92 Å². The molecule has 3 heteroatoms. The van der Waals surface area contributed by atoms with E-state index in [0.29, 0.717) is 12.3 Å². The van der Waals surface area contributed by atoms with Crippen molar-refractivity contribution in [2.75, 3.05) is 7.05 Å². The number of hydrogen-bond acceptors (Lipinski definition) is 1. The fraction of sp³-hybridized carbons (Fsp3) is 0.333. The zero-order valence-corrected chi connectivity index (χ0v) is 5.33. The van der Waals surface area contributed by atoms with Crippen LogP contribution in [0, 0.1) is 12.3 Å². The van der Waals surface area contributed by atoms with E-state index in [0.717, 1.165) is 0 Å². The average molecular weight is 123 g/mol. The van der Waals surface area contributed by atoms with Crippen LogP contribution in [0.15, 0.2) is 9.98 Å². The molecule has 0 saturated carbocycles. The minimum atomic E-state index is 0.381. The molecule has 0 aromatic rings. The third-order valence-electron chi connectivity index (χ3n) is 0.622. The van der Waals surface area contributed by atoms with Crippen LogP contribution in [0.5, 0.6) is 0 Å². The first-order valence-corrected chi connectivity index (χ1v) is 2.47. The van der Waals surface area contributed by atoms with Gasteiger partial charge in [0.25, 0.3) is 0 Å². The molecule has 0 fully saturated rings. The Morgan fingerprint density at radius 1 is 1.89 bits per heavy atom. The summed E-state index contributed by atoms with van der Waals surface area (Å²) in [5.41, 5.74) is 5.29. The number of nitrogens with zero attached hydrogens (tertiary/aromatic N) is 2. The van der Waals surface area contributed by atoms with Crippen LogP contribution >= 0.6 is 0 Å². The summed E-state index contributed by atoms with van der Waals surface area (Å²) in [6, 6.07) is 0. The molecule has 0 aromatic carbocycles. The number of rotatable bonds is 2. The van der Waals surface area contributed by atoms with Gasteiger partial charge in [0.2, 0.25) is 0 Å². The van der Waals surface area contributed by atoms with Crippen LogP contribution < -0.4 is 5.73 Å². The Hall–Kier alpha value is -1.30. The Morgan fingerprint density at radius 2 is 2.56 bits per heavy atom. The molecule has 2 N–H and O–H groups in total. The van der Waals surface area contributed by atoms with E-state index in [1.807, 2.05) is 0 Å². The molecule has 0 radical (unpaired) electrons. The molecule has 0 spiro atoms. The van der Waals surface area contributed by atoms with Gasteiger partial charge in [-0.15, -0.1) is 6.42 Å². The summed E-state index contributed by atoms with van der Waals surface area (Å²) < 4.78 is 0. The van der Waals surface area contributed by atoms with E-state index in [2.05, 4.69) is 15.9 Å². The molecule has 0 unspecified atom stereocenters. The molecule has 0 amide bonds. The van der Waals surface area contributed by atoms with E-state index in [4.69, 9.17) is 12.2 Å². The minimum Gasteiger partial charge on any atom is -0.386 e. The second kappa shape index (κ2) is 4.85. The molecule has 0 aliphatic heterocycles. The van der Waals surface area contributed by atoms with Crippen molar-refractivity contribution in [2.45, 2.75) is 6.42 Å². The summed E-state index contributed by atoms with van der Waals surface area (Å²) in [6.45, 7) is 0. The Morgan fingerprint density at radius 3 is 3.00 bits per heavy atom. The molecule has 48 valence electrons. The summed E-state index contributed by atoms with van der Waals surface area (Å²) in [6.07, 6.45) is 6.69. The van der Waals surface area contributed by atoms with Crippen molar-refractivity contribution in [3.63, 3.8) is 0 Å². The van der Waals surface area contributed by atoms with E-state index in [1.54, 1.807) is 7.05 Å². The van der Waals surface area contributed by atoms with Crippen LogP contribution in [0.4, 0.5) is 0 Å². The monoisotopic (exact) mass is 123 g/mol. The van der Waals surface area contributed by atoms with E-state index in [9.17, 15) is 0 Å². The SMILES string of the molecule is C#CCC(N)=NC=NC. The second-order valence-electron chi connectivity index (χ2n) is 1.38. The number of hydrogen-bond donors (Lipinski definition) is 1. The molecular weight excluding hydrogens is 114 g/mol. The van der Waals surface area contributed by atoms with Crippen LogP contribution in [-0.4, -0.2) is 19.2 Å². The highest BCUT2D eigenvalue weighted by Crippen LogP contribution is 1.73. The summed E-state index contributed by atoms with van der Waals surface area (Å²) in [4.78, 5) is 7.29. The summed E-state index contributed by atoms with van der Waals surface area (Å²) in [5, 5.41) is 0. The van der Waals surface area contributed by atoms with Gasteiger partial charge in [0, 0.05) is 7.05 Å². The molecule has 0 rings (SSSR count). The van der Waals surface area contributed by atoms with Gasteiger partial charge in [-0.2, -0.15) is 0 Å². The Labute approximate surface area is 54.7 Å². The highest BCUT2D eigenvalue weighted by molar-refractivity contribution is 5.88. The highest BCUT2D eigenvalue weighted by atomic mass is 14.9. The van der Waals surface area contributed by atoms with Crippen molar-refractivity contribution in [1.29, 1.82) is 0 Å². The molecule has 0 aliphatic rings. The molecule has 0 bridgehead atoms. The molecule has 0 saturated heterocycles. The molecular formula is C6H9N3. The standard InChI is InChI=1S/C6H9N3/c1-3-4-6(7)9-5-8-2/h1,5H,4H2,2H3,(H2,7,8,9). The Kier molecular flexibility index (Phi) is 4.15. The predicted octanol–water partition coefficient (Wildman–Crippen LogP) is 0.0250. The van der Waals surface area contributed by atoms with Gasteiger partial charge in [0.05, 0.1) is 6.42 Å². The van der Waals surface area contributed by atoms with Gasteiger partial charge in [-0.25, -0.2) is 4.99 Å². The van der Waals surface area contributed by atoms with Crippen molar-refractivity contribution in [3.8, 4) is 12.3 Å². The lowest BCUT2D eigenvalue weighted by Crippen LogP contribution is -2.09. The summed E-state index contributed by atoms with van der Waals surface area (Å²) in [7, 11) is 1.62. The van der Waals surface area contributed by atoms with E-state index in [1.165, 1.54) is 6.34 Å². The quantitative estimate of drug-likeness (QED) is 0.314. The van der Waals surface area contributed by atoms with Gasteiger partial charge in [-0.3, -0.25) is 4.99 Å². The lowest BCUT2D eigenvalue weighted by molar-refractivity contribution is 1.40. The first kappa shape index (κ1) is 7.70. The largest absolute Gasteiger partial charge is 0.386 e. The lowest BCUT2D eigenvalue weighted by Gasteiger charge is -1.86. The van der Waals surface area contributed by atoms with Gasteiger partial charge < -0.3 is 5.73 Å². The number of aliphatic imine (C=N–C) groups is 2. The number of nitrogens with two attached hydrogens (primary N) is 1. The van der Waals surface area contributed by atoms with Crippen molar-refractivity contribution in [2.24, 2.45) is 15.7 Å². The molecule has 0 aliphatic carbocycles. The van der Waals surface area contributed by atoms with Crippen molar-refractivity contribution in [1.82, 2.24) is 0 Å². The average Bonchev–Trinajstić information content (AvgIpc) is 1.85. The van der Waals surface area contributed by atoms with Gasteiger partial charge in [0.1, 0.15) is 12.2 Å². The van der Waals surface area contributed by atoms with E-state index >= 15 is 0 Å². The van der Waals surface area contributed by atoms with Crippen molar-refractivity contribution < 1.29 is 0 Å². The fourth-order valence-corrected chi connectivity index (χ4v) is 0.282. The summed E-state index contributed by atoms with van der Waals surface area (Å²) in [5.74, 6) is 2.78. The second-order valence-corrected chi connectivity index (χ2v) is 1.38. The topological polar surface area (TPSA) is 50.7 Å². The van der Waals surface area contributed by atoms with Gasteiger partial charge in [-0.05, 0) is 0 Å². The smallest absolute Gasteiger partial charge is 0.113 e. The van der Waals surface area contributed by atoms with Crippen LogP contribution in [0.3, 0.4) is 0 Å². The molecule has 0 aromatic heterocycles. The Bertz CT molecular complexity index is 162. The van der Waals surface area contributed by atoms with E-state index < -0.39 is 0 Å². The molecule has 0 heterocycles. The fourth-order valence-electron chi connectivity index (χ4n) is 0.282. The third kappa shape index (κ3) is 4.56. The minimum absolute atomic E-state index is 0.381. The first-order chi connectivity index (χ1) is 4.31. The molecule has 3 nitrogen and oxygen atoms in total. The van der Waals surface area contributed by atoms with Crippen LogP contribution in [0.1, 0.15) is 6.42 Å². The first-order valence-electron chi connectivity index (χ1n) is 2.47. The van der Waals surface area contributed by atoms with Crippen molar-refractivity contribution in [3.05, 3.63) is 0 Å². The van der Waals surface area contributed by atoms with Gasteiger partial charge in [0.15, 0.2) is 0 Å². The summed E-state index contributed by atoms with van der Waals surface area (Å²) >= 11 is 0. The molecule has 0 atom stereocenters. The van der Waals surface area contributed by atoms with Crippen molar-refractivity contribution >= 4 is 12.2 Å². The number of amidine groups is 1. The predicted molar refractivity (Wildman–Crippen MR) is 39.5 cm³/mol. The van der Waals surface area contributed by atoms with E-state index in [-0.39, 0.29) is 0 Å². The maximum Gasteiger partial charge on any atom is 0.113 e. The lowest BCUT2D eigenvalue weighted by atomic mass is 10.4. The van der Waals surface area contributed by atoms with Crippen LogP contribution in [-0.2, 0) is 0 Å². The Balaban J connectivity index is 3.72. The zero-order valence-electron chi connectivity index (χ0n) is 5.33. The number of terminal acetylenes is 1. The zero-order chi connectivity index (χ0) is 7.11. The maximum absolute atomic E-state index is 5.29. The third-order valence-corrected chi connectivity index (χ3v) is 0.622. The highest BCUT2D eigenvalue weighted by Gasteiger charge is 1.81. The molecule has 9 heavy (non-hydrogen) atoms. The normalized spacial score (nSPS) is 11.8. The maximum atomic E-state index is 5.29. The van der Waals surface area contributed by atoms with Gasteiger partial charge >= 0.3 is 0 Å².